The minimum Gasteiger partial charge on any atom is -0.489 e. The summed E-state index contributed by atoms with van der Waals surface area (Å²) in [6.45, 7) is 10.0. The molecule has 0 radical (unpaired) electrons. The zero-order chi connectivity index (χ0) is 18.4. The summed E-state index contributed by atoms with van der Waals surface area (Å²) in [5, 5.41) is 0. The maximum Gasteiger partial charge on any atom is 0.227 e. The molecule has 1 aromatic heterocycles. The lowest BCUT2D eigenvalue weighted by atomic mass is 10.2. The number of hydrogen-bond donors (Lipinski definition) is 0. The van der Waals surface area contributed by atoms with E-state index in [0.717, 1.165) is 33.6 Å². The lowest BCUT2D eigenvalue weighted by Gasteiger charge is -2.06. The Bertz CT molecular complexity index is 932. The Balaban J connectivity index is 1.66. The van der Waals surface area contributed by atoms with E-state index < -0.39 is 0 Å². The van der Waals surface area contributed by atoms with Gasteiger partial charge in [-0.3, -0.25) is 0 Å². The van der Waals surface area contributed by atoms with E-state index in [-0.39, 0.29) is 0 Å². The van der Waals surface area contributed by atoms with Crippen LogP contribution in [0.5, 0.6) is 5.75 Å². The summed E-state index contributed by atoms with van der Waals surface area (Å²) < 4.78 is 11.6. The van der Waals surface area contributed by atoms with Crippen molar-refractivity contribution in [3.8, 4) is 17.2 Å². The number of oxazole rings is 1. The van der Waals surface area contributed by atoms with Crippen molar-refractivity contribution in [3.05, 3.63) is 97.1 Å². The molecule has 0 atom stereocenters. The molecular weight excluding hydrogens is 322 g/mol. The second kappa shape index (κ2) is 8.17. The van der Waals surface area contributed by atoms with Gasteiger partial charge in [-0.1, -0.05) is 49.6 Å². The predicted octanol–water partition coefficient (Wildman–Crippen LogP) is 6.12. The second-order valence-corrected chi connectivity index (χ2v) is 5.89. The molecule has 2 aromatic carbocycles. The summed E-state index contributed by atoms with van der Waals surface area (Å²) in [7, 11) is 0. The monoisotopic (exact) mass is 343 g/mol. The Kier molecular flexibility index (Phi) is 5.49. The van der Waals surface area contributed by atoms with Gasteiger partial charge < -0.3 is 9.15 Å². The Labute approximate surface area is 153 Å². The molecule has 3 aromatic rings. The number of nitrogens with zero attached hydrogens (tertiary/aromatic N) is 1. The van der Waals surface area contributed by atoms with Gasteiger partial charge in [0.05, 0.1) is 0 Å². The molecule has 26 heavy (non-hydrogen) atoms. The standard InChI is InChI=1S/C23H21NO2/c1-4-18(5-2)11-10-17(3)16-25-20-14-12-19(13-15-20)23-24-21-8-6-7-9-22(21)26-23/h4-15H,1-2,16H2,3H3/b17-10+. The van der Waals surface area contributed by atoms with Crippen molar-refractivity contribution in [2.24, 2.45) is 0 Å². The van der Waals surface area contributed by atoms with E-state index in [0.29, 0.717) is 12.5 Å². The fourth-order valence-corrected chi connectivity index (χ4v) is 2.39. The minimum atomic E-state index is 0.514. The highest BCUT2D eigenvalue weighted by atomic mass is 16.5. The third-order valence-corrected chi connectivity index (χ3v) is 3.89. The molecule has 0 bridgehead atoms. The van der Waals surface area contributed by atoms with Crippen molar-refractivity contribution in [1.29, 1.82) is 0 Å². The lowest BCUT2D eigenvalue weighted by molar-refractivity contribution is 0.352. The van der Waals surface area contributed by atoms with Crippen molar-refractivity contribution in [2.45, 2.75) is 6.92 Å². The molecule has 0 fully saturated rings. The quantitative estimate of drug-likeness (QED) is 0.485. The molecule has 3 heteroatoms. The predicted molar refractivity (Wildman–Crippen MR) is 107 cm³/mol. The van der Waals surface area contributed by atoms with Crippen LogP contribution in [0, 0.1) is 0 Å². The van der Waals surface area contributed by atoms with Crippen molar-refractivity contribution < 1.29 is 9.15 Å². The van der Waals surface area contributed by atoms with Gasteiger partial charge >= 0.3 is 0 Å². The Morgan fingerprint density at radius 2 is 1.77 bits per heavy atom. The zero-order valence-electron chi connectivity index (χ0n) is 14.8. The van der Waals surface area contributed by atoms with Crippen molar-refractivity contribution in [2.75, 3.05) is 6.61 Å². The molecule has 0 aliphatic carbocycles. The molecule has 3 rings (SSSR count). The maximum atomic E-state index is 5.82. The van der Waals surface area contributed by atoms with Crippen molar-refractivity contribution in [1.82, 2.24) is 4.98 Å². The van der Waals surface area contributed by atoms with Crippen LogP contribution in [0.3, 0.4) is 0 Å². The van der Waals surface area contributed by atoms with Crippen LogP contribution < -0.4 is 4.74 Å². The summed E-state index contributed by atoms with van der Waals surface area (Å²) in [4.78, 5) is 4.50. The maximum absolute atomic E-state index is 5.82. The van der Waals surface area contributed by atoms with Gasteiger partial charge in [0.1, 0.15) is 17.9 Å². The average molecular weight is 343 g/mol. The molecule has 0 unspecified atom stereocenters. The van der Waals surface area contributed by atoms with E-state index >= 15 is 0 Å². The highest BCUT2D eigenvalue weighted by molar-refractivity contribution is 5.76. The number of fused-ring (bicyclic) bond motifs is 1. The molecule has 3 nitrogen and oxygen atoms in total. The topological polar surface area (TPSA) is 35.3 Å². The second-order valence-electron chi connectivity index (χ2n) is 5.89. The molecule has 0 aliphatic heterocycles. The lowest BCUT2D eigenvalue weighted by Crippen LogP contribution is -1.98. The molecule has 0 amide bonds. The Morgan fingerprint density at radius 3 is 2.46 bits per heavy atom. The van der Waals surface area contributed by atoms with Gasteiger partial charge in [-0.2, -0.15) is 0 Å². The first-order valence-electron chi connectivity index (χ1n) is 8.41. The third-order valence-electron chi connectivity index (χ3n) is 3.89. The summed E-state index contributed by atoms with van der Waals surface area (Å²) in [5.74, 6) is 1.41. The van der Waals surface area contributed by atoms with Crippen LogP contribution in [0.2, 0.25) is 0 Å². The highest BCUT2D eigenvalue weighted by Crippen LogP contribution is 2.25. The minimum absolute atomic E-state index is 0.514. The number of hydrogen-bond acceptors (Lipinski definition) is 3. The number of para-hydroxylation sites is 2. The Morgan fingerprint density at radius 1 is 1.04 bits per heavy atom. The Hall–Kier alpha value is -3.33. The highest BCUT2D eigenvalue weighted by Gasteiger charge is 2.07. The number of benzene rings is 2. The van der Waals surface area contributed by atoms with E-state index in [1.807, 2.05) is 67.6 Å². The molecular formula is C23H21NO2. The van der Waals surface area contributed by atoms with Crippen LogP contribution in [-0.2, 0) is 0 Å². The largest absolute Gasteiger partial charge is 0.489 e. The molecule has 1 heterocycles. The van der Waals surface area contributed by atoms with Crippen molar-refractivity contribution >= 4 is 11.1 Å². The molecule has 0 aliphatic rings. The molecule has 0 N–H and O–H groups in total. The van der Waals surface area contributed by atoms with E-state index in [4.69, 9.17) is 9.15 Å². The fourth-order valence-electron chi connectivity index (χ4n) is 2.39. The first-order chi connectivity index (χ1) is 12.7. The van der Waals surface area contributed by atoms with Crippen LogP contribution in [0.25, 0.3) is 22.6 Å². The van der Waals surface area contributed by atoms with Crippen LogP contribution >= 0.6 is 0 Å². The third kappa shape index (κ3) is 4.19. The smallest absolute Gasteiger partial charge is 0.227 e. The number of ether oxygens (including phenoxy) is 1. The van der Waals surface area contributed by atoms with Crippen LogP contribution in [-0.4, -0.2) is 11.6 Å². The number of allylic oxidation sites excluding steroid dienone is 5. The molecule has 0 spiro atoms. The van der Waals surface area contributed by atoms with Crippen LogP contribution in [0.1, 0.15) is 6.92 Å². The first kappa shape index (κ1) is 17.5. The zero-order valence-corrected chi connectivity index (χ0v) is 14.8. The van der Waals surface area contributed by atoms with Gasteiger partial charge in [-0.25, -0.2) is 4.98 Å². The van der Waals surface area contributed by atoms with E-state index in [9.17, 15) is 0 Å². The summed E-state index contributed by atoms with van der Waals surface area (Å²) >= 11 is 0. The number of aromatic nitrogens is 1. The first-order valence-corrected chi connectivity index (χ1v) is 8.41. The van der Waals surface area contributed by atoms with Gasteiger partial charge in [0.25, 0.3) is 0 Å². The molecule has 130 valence electrons. The SMILES string of the molecule is C=CC(C=C)=C/C=C(\C)COc1ccc(-c2nc3ccccc3o2)cc1. The molecule has 0 saturated carbocycles. The number of rotatable bonds is 7. The van der Waals surface area contributed by atoms with Crippen molar-refractivity contribution in [3.63, 3.8) is 0 Å². The molecule has 0 saturated heterocycles. The van der Waals surface area contributed by atoms with Crippen LogP contribution in [0.15, 0.2) is 102 Å². The van der Waals surface area contributed by atoms with Gasteiger partial charge in [0, 0.05) is 5.56 Å². The van der Waals surface area contributed by atoms with E-state index in [1.54, 1.807) is 12.2 Å². The fraction of sp³-hybridized carbons (Fsp3) is 0.0870. The van der Waals surface area contributed by atoms with Gasteiger partial charge in [-0.05, 0) is 54.5 Å². The van der Waals surface area contributed by atoms with Crippen LogP contribution in [0.4, 0.5) is 0 Å². The normalized spacial score (nSPS) is 11.2. The van der Waals surface area contributed by atoms with Gasteiger partial charge in [0.15, 0.2) is 5.58 Å². The summed E-state index contributed by atoms with van der Waals surface area (Å²) in [6, 6.07) is 15.5. The summed E-state index contributed by atoms with van der Waals surface area (Å²) in [6.07, 6.45) is 7.51. The summed E-state index contributed by atoms with van der Waals surface area (Å²) in [5.41, 5.74) is 4.65. The van der Waals surface area contributed by atoms with Gasteiger partial charge in [0.2, 0.25) is 5.89 Å². The van der Waals surface area contributed by atoms with E-state index in [2.05, 4.69) is 18.1 Å². The van der Waals surface area contributed by atoms with E-state index in [1.165, 1.54) is 0 Å². The van der Waals surface area contributed by atoms with Gasteiger partial charge in [-0.15, -0.1) is 0 Å². The average Bonchev–Trinajstić information content (AvgIpc) is 3.12.